The van der Waals surface area contributed by atoms with Crippen LogP contribution in [-0.2, 0) is 11.2 Å². The fourth-order valence-electron chi connectivity index (χ4n) is 1.48. The first-order chi connectivity index (χ1) is 8.58. The van der Waals surface area contributed by atoms with E-state index in [0.717, 1.165) is 13.0 Å². The summed E-state index contributed by atoms with van der Waals surface area (Å²) in [4.78, 5) is 15.5. The summed E-state index contributed by atoms with van der Waals surface area (Å²) in [5.41, 5.74) is 0. The van der Waals surface area contributed by atoms with Crippen molar-refractivity contribution in [3.8, 4) is 0 Å². The van der Waals surface area contributed by atoms with Gasteiger partial charge < -0.3 is 15.2 Å². The van der Waals surface area contributed by atoms with Crippen LogP contribution in [0.4, 0.5) is 0 Å². The Bertz CT molecular complexity index is 363. The number of aryl methyl sites for hydroxylation is 1. The van der Waals surface area contributed by atoms with Crippen LogP contribution in [0.3, 0.4) is 0 Å². The summed E-state index contributed by atoms with van der Waals surface area (Å²) in [6, 6.07) is 0.467. The van der Waals surface area contributed by atoms with Crippen LogP contribution >= 0.6 is 0 Å². The van der Waals surface area contributed by atoms with Gasteiger partial charge in [-0.2, -0.15) is 4.98 Å². The Morgan fingerprint density at radius 2 is 2.17 bits per heavy atom. The Balaban J connectivity index is 2.03. The molecule has 0 saturated carbocycles. The smallest absolute Gasteiger partial charge is 0.228 e. The maximum Gasteiger partial charge on any atom is 0.228 e. The van der Waals surface area contributed by atoms with Gasteiger partial charge in [0.2, 0.25) is 11.8 Å². The zero-order valence-corrected chi connectivity index (χ0v) is 11.3. The van der Waals surface area contributed by atoms with E-state index in [0.29, 0.717) is 37.1 Å². The predicted molar refractivity (Wildman–Crippen MR) is 68.1 cm³/mol. The molecule has 1 aromatic rings. The van der Waals surface area contributed by atoms with Gasteiger partial charge >= 0.3 is 0 Å². The number of nitrogens with zero attached hydrogens (tertiary/aromatic N) is 2. The maximum atomic E-state index is 11.5. The van der Waals surface area contributed by atoms with Crippen LogP contribution in [-0.4, -0.2) is 35.2 Å². The van der Waals surface area contributed by atoms with Gasteiger partial charge in [0.1, 0.15) is 0 Å². The van der Waals surface area contributed by atoms with Crippen LogP contribution in [0, 0.1) is 6.92 Å². The highest BCUT2D eigenvalue weighted by atomic mass is 16.5. The summed E-state index contributed by atoms with van der Waals surface area (Å²) in [6.45, 7) is 7.36. The number of nitrogens with one attached hydrogen (secondary N) is 2. The lowest BCUT2D eigenvalue weighted by molar-refractivity contribution is -0.121. The number of hydrogen-bond acceptors (Lipinski definition) is 5. The van der Waals surface area contributed by atoms with Crippen LogP contribution in [0.15, 0.2) is 4.52 Å². The van der Waals surface area contributed by atoms with E-state index < -0.39 is 0 Å². The Labute approximate surface area is 108 Å². The molecule has 0 aliphatic rings. The van der Waals surface area contributed by atoms with E-state index in [-0.39, 0.29) is 5.91 Å². The molecule has 0 atom stereocenters. The maximum absolute atomic E-state index is 11.5. The van der Waals surface area contributed by atoms with E-state index in [2.05, 4.69) is 34.6 Å². The lowest BCUT2D eigenvalue weighted by Gasteiger charge is -2.07. The van der Waals surface area contributed by atoms with Gasteiger partial charge in [0, 0.05) is 25.4 Å². The van der Waals surface area contributed by atoms with Crippen molar-refractivity contribution in [1.82, 2.24) is 20.8 Å². The van der Waals surface area contributed by atoms with Gasteiger partial charge in [-0.05, 0) is 19.9 Å². The van der Waals surface area contributed by atoms with Crippen molar-refractivity contribution >= 4 is 5.91 Å². The molecule has 1 amide bonds. The van der Waals surface area contributed by atoms with Crippen molar-refractivity contribution in [3.05, 3.63) is 11.7 Å². The van der Waals surface area contributed by atoms with Crippen molar-refractivity contribution < 1.29 is 9.32 Å². The summed E-state index contributed by atoms with van der Waals surface area (Å²) in [5.74, 6) is 1.25. The lowest BCUT2D eigenvalue weighted by atomic mass is 10.2. The standard InChI is InChI=1S/C12H22N4O2/c1-9(2)13-7-4-5-11(17)14-8-6-12-15-10(3)16-18-12/h9,13H,4-8H2,1-3H3,(H,14,17). The zero-order valence-electron chi connectivity index (χ0n) is 11.3. The molecule has 1 aromatic heterocycles. The van der Waals surface area contributed by atoms with Gasteiger partial charge in [0.15, 0.2) is 5.82 Å². The minimum atomic E-state index is 0.0665. The molecule has 18 heavy (non-hydrogen) atoms. The van der Waals surface area contributed by atoms with Gasteiger partial charge in [-0.3, -0.25) is 4.79 Å². The molecule has 102 valence electrons. The van der Waals surface area contributed by atoms with Gasteiger partial charge in [-0.1, -0.05) is 19.0 Å². The molecule has 0 aliphatic heterocycles. The highest BCUT2D eigenvalue weighted by molar-refractivity contribution is 5.75. The number of carbonyl (C=O) groups is 1. The summed E-state index contributed by atoms with van der Waals surface area (Å²) >= 11 is 0. The highest BCUT2D eigenvalue weighted by Gasteiger charge is 2.04. The molecule has 0 aromatic carbocycles. The molecule has 0 spiro atoms. The summed E-state index contributed by atoms with van der Waals surface area (Å²) in [6.07, 6.45) is 1.98. The van der Waals surface area contributed by atoms with Crippen molar-refractivity contribution in [2.75, 3.05) is 13.1 Å². The molecule has 2 N–H and O–H groups in total. The number of carbonyl (C=O) groups excluding carboxylic acids is 1. The van der Waals surface area contributed by atoms with Gasteiger partial charge in [-0.15, -0.1) is 0 Å². The second kappa shape index (κ2) is 7.81. The molecule has 1 heterocycles. The van der Waals surface area contributed by atoms with E-state index >= 15 is 0 Å². The van der Waals surface area contributed by atoms with E-state index in [1.54, 1.807) is 6.92 Å². The average Bonchev–Trinajstić information content (AvgIpc) is 2.70. The number of rotatable bonds is 8. The lowest BCUT2D eigenvalue weighted by Crippen LogP contribution is -2.28. The second-order valence-electron chi connectivity index (χ2n) is 4.55. The van der Waals surface area contributed by atoms with E-state index in [9.17, 15) is 4.79 Å². The third kappa shape index (κ3) is 6.34. The first-order valence-electron chi connectivity index (χ1n) is 6.37. The first kappa shape index (κ1) is 14.6. The Hall–Kier alpha value is -1.43. The topological polar surface area (TPSA) is 80.0 Å². The quantitative estimate of drug-likeness (QED) is 0.671. The minimum absolute atomic E-state index is 0.0665. The molecule has 0 bridgehead atoms. The van der Waals surface area contributed by atoms with Crippen LogP contribution in [0.2, 0.25) is 0 Å². The summed E-state index contributed by atoms with van der Waals surface area (Å²) < 4.78 is 4.95. The second-order valence-corrected chi connectivity index (χ2v) is 4.55. The van der Waals surface area contributed by atoms with Crippen molar-refractivity contribution in [2.45, 2.75) is 46.1 Å². The number of amides is 1. The van der Waals surface area contributed by atoms with E-state index in [4.69, 9.17) is 4.52 Å². The van der Waals surface area contributed by atoms with E-state index in [1.807, 2.05) is 0 Å². The molecular formula is C12H22N4O2. The fourth-order valence-corrected chi connectivity index (χ4v) is 1.48. The number of aromatic nitrogens is 2. The Kier molecular flexibility index (Phi) is 6.35. The third-order valence-corrected chi connectivity index (χ3v) is 2.36. The normalized spacial score (nSPS) is 10.9. The van der Waals surface area contributed by atoms with Crippen molar-refractivity contribution in [1.29, 1.82) is 0 Å². The SMILES string of the molecule is Cc1noc(CCNC(=O)CCCNC(C)C)n1. The molecule has 0 fully saturated rings. The Morgan fingerprint density at radius 3 is 2.78 bits per heavy atom. The van der Waals surface area contributed by atoms with Crippen LogP contribution < -0.4 is 10.6 Å². The summed E-state index contributed by atoms with van der Waals surface area (Å²) in [5, 5.41) is 9.79. The molecular weight excluding hydrogens is 232 g/mol. The van der Waals surface area contributed by atoms with Gasteiger partial charge in [-0.25, -0.2) is 0 Å². The molecule has 0 saturated heterocycles. The molecule has 6 nitrogen and oxygen atoms in total. The van der Waals surface area contributed by atoms with Crippen LogP contribution in [0.1, 0.15) is 38.4 Å². The molecule has 1 rings (SSSR count). The van der Waals surface area contributed by atoms with Crippen LogP contribution in [0.25, 0.3) is 0 Å². The van der Waals surface area contributed by atoms with Crippen LogP contribution in [0.5, 0.6) is 0 Å². The fraction of sp³-hybridized carbons (Fsp3) is 0.750. The van der Waals surface area contributed by atoms with Gasteiger partial charge in [0.05, 0.1) is 0 Å². The third-order valence-electron chi connectivity index (χ3n) is 2.36. The van der Waals surface area contributed by atoms with Crippen molar-refractivity contribution in [3.63, 3.8) is 0 Å². The number of hydrogen-bond donors (Lipinski definition) is 2. The Morgan fingerprint density at radius 1 is 1.39 bits per heavy atom. The highest BCUT2D eigenvalue weighted by Crippen LogP contribution is 1.96. The average molecular weight is 254 g/mol. The van der Waals surface area contributed by atoms with Crippen molar-refractivity contribution in [2.24, 2.45) is 0 Å². The zero-order chi connectivity index (χ0) is 13.4. The monoisotopic (exact) mass is 254 g/mol. The van der Waals surface area contributed by atoms with Gasteiger partial charge in [0.25, 0.3) is 0 Å². The largest absolute Gasteiger partial charge is 0.356 e. The summed E-state index contributed by atoms with van der Waals surface area (Å²) in [7, 11) is 0. The minimum Gasteiger partial charge on any atom is -0.356 e. The first-order valence-corrected chi connectivity index (χ1v) is 6.37. The predicted octanol–water partition coefficient (Wildman–Crippen LogP) is 0.815. The molecule has 0 radical (unpaired) electrons. The molecule has 6 heteroatoms. The van der Waals surface area contributed by atoms with E-state index in [1.165, 1.54) is 0 Å². The molecule has 0 aliphatic carbocycles. The molecule has 0 unspecified atom stereocenters.